The Labute approximate surface area is 124 Å². The Morgan fingerprint density at radius 3 is 2.25 bits per heavy atom. The molecule has 0 spiro atoms. The smallest absolute Gasteiger partial charge is 0.123 e. The summed E-state index contributed by atoms with van der Waals surface area (Å²) >= 11 is 1.73. The van der Waals surface area contributed by atoms with E-state index in [0.717, 1.165) is 21.8 Å². The van der Waals surface area contributed by atoms with Crippen molar-refractivity contribution in [2.75, 3.05) is 0 Å². The fourth-order valence-electron chi connectivity index (χ4n) is 2.29. The van der Waals surface area contributed by atoms with Crippen LogP contribution in [0.5, 0.6) is 0 Å². The van der Waals surface area contributed by atoms with Crippen molar-refractivity contribution >= 4 is 17.6 Å². The molecule has 0 bridgehead atoms. The molecular weight excluding hydrogens is 264 g/mol. The molecule has 0 atom stereocenters. The van der Waals surface area contributed by atoms with Gasteiger partial charge in [-0.3, -0.25) is 5.41 Å². The van der Waals surface area contributed by atoms with E-state index in [2.05, 4.69) is 44.2 Å². The Kier molecular flexibility index (Phi) is 4.50. The number of aryl methyl sites for hydroxylation is 3. The topological polar surface area (TPSA) is 49.9 Å². The zero-order valence-corrected chi connectivity index (χ0v) is 13.0. The summed E-state index contributed by atoms with van der Waals surface area (Å²) in [6.45, 7) is 6.26. The van der Waals surface area contributed by atoms with Gasteiger partial charge in [-0.1, -0.05) is 41.0 Å². The monoisotopic (exact) mass is 284 g/mol. The molecule has 2 rings (SSSR count). The van der Waals surface area contributed by atoms with Crippen LogP contribution in [0.4, 0.5) is 0 Å². The molecule has 3 heteroatoms. The molecule has 0 heterocycles. The Bertz CT molecular complexity index is 627. The molecule has 0 unspecified atom stereocenters. The Hall–Kier alpha value is -1.74. The highest BCUT2D eigenvalue weighted by molar-refractivity contribution is 7.98. The number of rotatable bonds is 4. The third-order valence-corrected chi connectivity index (χ3v) is 4.25. The first-order chi connectivity index (χ1) is 9.45. The fraction of sp³-hybridized carbons (Fsp3) is 0.235. The van der Waals surface area contributed by atoms with Crippen LogP contribution in [-0.4, -0.2) is 5.84 Å². The second kappa shape index (κ2) is 6.14. The lowest BCUT2D eigenvalue weighted by atomic mass is 10.1. The van der Waals surface area contributed by atoms with Crippen LogP contribution in [0.1, 0.15) is 27.8 Å². The zero-order chi connectivity index (χ0) is 14.7. The van der Waals surface area contributed by atoms with E-state index in [4.69, 9.17) is 11.1 Å². The van der Waals surface area contributed by atoms with E-state index in [1.807, 2.05) is 13.0 Å². The summed E-state index contributed by atoms with van der Waals surface area (Å²) in [6.07, 6.45) is 0. The van der Waals surface area contributed by atoms with Gasteiger partial charge in [-0.05, 0) is 38.5 Å². The lowest BCUT2D eigenvalue weighted by Gasteiger charge is -2.10. The third-order valence-electron chi connectivity index (χ3n) is 3.10. The molecule has 0 aliphatic carbocycles. The normalized spacial score (nSPS) is 10.6. The molecule has 0 aliphatic rings. The van der Waals surface area contributed by atoms with Crippen molar-refractivity contribution in [2.45, 2.75) is 31.4 Å². The van der Waals surface area contributed by atoms with E-state index in [9.17, 15) is 0 Å². The number of hydrogen-bond acceptors (Lipinski definition) is 2. The van der Waals surface area contributed by atoms with Crippen molar-refractivity contribution in [1.82, 2.24) is 0 Å². The van der Waals surface area contributed by atoms with Crippen molar-refractivity contribution < 1.29 is 0 Å². The Morgan fingerprint density at radius 2 is 1.65 bits per heavy atom. The van der Waals surface area contributed by atoms with Crippen LogP contribution in [0.15, 0.2) is 41.3 Å². The standard InChI is InChI=1S/C17H20N2S/c1-11-4-5-16(15(9-11)17(18)19)20-10-14-7-12(2)6-13(3)8-14/h4-9H,10H2,1-3H3,(H3,18,19). The Balaban J connectivity index is 2.20. The molecule has 2 aromatic carbocycles. The largest absolute Gasteiger partial charge is 0.384 e. The molecule has 3 N–H and O–H groups in total. The average molecular weight is 284 g/mol. The molecule has 0 radical (unpaired) electrons. The van der Waals surface area contributed by atoms with E-state index in [1.54, 1.807) is 11.8 Å². The highest BCUT2D eigenvalue weighted by atomic mass is 32.2. The summed E-state index contributed by atoms with van der Waals surface area (Å²) < 4.78 is 0. The second-order valence-corrected chi connectivity index (χ2v) is 6.22. The highest BCUT2D eigenvalue weighted by Crippen LogP contribution is 2.27. The third kappa shape index (κ3) is 3.64. The number of nitrogens with two attached hydrogens (primary N) is 1. The fourth-order valence-corrected chi connectivity index (χ4v) is 3.27. The van der Waals surface area contributed by atoms with Gasteiger partial charge in [0.2, 0.25) is 0 Å². The van der Waals surface area contributed by atoms with Gasteiger partial charge in [0.25, 0.3) is 0 Å². The van der Waals surface area contributed by atoms with Crippen molar-refractivity contribution in [1.29, 1.82) is 5.41 Å². The minimum absolute atomic E-state index is 0.136. The van der Waals surface area contributed by atoms with E-state index in [-0.39, 0.29) is 5.84 Å². The lowest BCUT2D eigenvalue weighted by Crippen LogP contribution is -2.12. The molecule has 0 saturated heterocycles. The van der Waals surface area contributed by atoms with Crippen LogP contribution in [0.3, 0.4) is 0 Å². The molecule has 104 valence electrons. The average Bonchev–Trinajstić information content (AvgIpc) is 2.36. The predicted octanol–water partition coefficient (Wildman–Crippen LogP) is 4.19. The van der Waals surface area contributed by atoms with Gasteiger partial charge in [-0.2, -0.15) is 0 Å². The summed E-state index contributed by atoms with van der Waals surface area (Å²) in [7, 11) is 0. The van der Waals surface area contributed by atoms with Gasteiger partial charge in [0.05, 0.1) is 0 Å². The molecule has 0 fully saturated rings. The maximum absolute atomic E-state index is 7.69. The predicted molar refractivity (Wildman–Crippen MR) is 87.7 cm³/mol. The molecule has 2 aromatic rings. The molecule has 0 amide bonds. The first kappa shape index (κ1) is 14.7. The second-order valence-electron chi connectivity index (χ2n) is 5.20. The summed E-state index contributed by atoms with van der Waals surface area (Å²) in [4.78, 5) is 1.07. The van der Waals surface area contributed by atoms with Gasteiger partial charge in [0.15, 0.2) is 0 Å². The molecule has 0 aliphatic heterocycles. The lowest BCUT2D eigenvalue weighted by molar-refractivity contribution is 1.28. The summed E-state index contributed by atoms with van der Waals surface area (Å²) in [5.41, 5.74) is 11.5. The van der Waals surface area contributed by atoms with Crippen molar-refractivity contribution in [3.63, 3.8) is 0 Å². The van der Waals surface area contributed by atoms with Crippen LogP contribution < -0.4 is 5.73 Å². The minimum Gasteiger partial charge on any atom is -0.384 e. The van der Waals surface area contributed by atoms with Crippen LogP contribution in [0, 0.1) is 26.2 Å². The van der Waals surface area contributed by atoms with Crippen molar-refractivity contribution in [3.8, 4) is 0 Å². The van der Waals surface area contributed by atoms with Gasteiger partial charge in [-0.25, -0.2) is 0 Å². The molecular formula is C17H20N2S. The summed E-state index contributed by atoms with van der Waals surface area (Å²) in [5, 5.41) is 7.69. The van der Waals surface area contributed by atoms with Crippen LogP contribution in [0.25, 0.3) is 0 Å². The molecule has 0 saturated carbocycles. The quantitative estimate of drug-likeness (QED) is 0.502. The Morgan fingerprint density at radius 1 is 1.00 bits per heavy atom. The molecule has 0 aromatic heterocycles. The number of nitrogen functional groups attached to an aromatic ring is 1. The number of amidine groups is 1. The van der Waals surface area contributed by atoms with Crippen molar-refractivity contribution in [2.24, 2.45) is 5.73 Å². The number of thioether (sulfide) groups is 1. The first-order valence-corrected chi connectivity index (χ1v) is 7.59. The maximum atomic E-state index is 7.69. The SMILES string of the molecule is Cc1cc(C)cc(CSc2ccc(C)cc2C(=N)N)c1. The van der Waals surface area contributed by atoms with Gasteiger partial charge in [-0.15, -0.1) is 11.8 Å². The molecule has 20 heavy (non-hydrogen) atoms. The summed E-state index contributed by atoms with van der Waals surface area (Å²) in [5.74, 6) is 1.03. The van der Waals surface area contributed by atoms with Crippen LogP contribution in [-0.2, 0) is 5.75 Å². The number of hydrogen-bond donors (Lipinski definition) is 2. The maximum Gasteiger partial charge on any atom is 0.123 e. The summed E-state index contributed by atoms with van der Waals surface area (Å²) in [6, 6.07) is 12.7. The van der Waals surface area contributed by atoms with E-state index in [0.29, 0.717) is 0 Å². The van der Waals surface area contributed by atoms with E-state index < -0.39 is 0 Å². The van der Waals surface area contributed by atoms with Gasteiger partial charge >= 0.3 is 0 Å². The van der Waals surface area contributed by atoms with E-state index >= 15 is 0 Å². The number of benzene rings is 2. The van der Waals surface area contributed by atoms with Gasteiger partial charge in [0, 0.05) is 16.2 Å². The van der Waals surface area contributed by atoms with Crippen LogP contribution in [0.2, 0.25) is 0 Å². The van der Waals surface area contributed by atoms with E-state index in [1.165, 1.54) is 16.7 Å². The van der Waals surface area contributed by atoms with Gasteiger partial charge in [0.1, 0.15) is 5.84 Å². The van der Waals surface area contributed by atoms with Crippen LogP contribution >= 0.6 is 11.8 Å². The zero-order valence-electron chi connectivity index (χ0n) is 12.2. The first-order valence-electron chi connectivity index (χ1n) is 6.61. The minimum atomic E-state index is 0.136. The van der Waals surface area contributed by atoms with Gasteiger partial charge < -0.3 is 5.73 Å². The van der Waals surface area contributed by atoms with Crippen molar-refractivity contribution in [3.05, 3.63) is 64.2 Å². The molecule has 2 nitrogen and oxygen atoms in total. The number of nitrogens with one attached hydrogen (secondary N) is 1. The highest BCUT2D eigenvalue weighted by Gasteiger charge is 2.07.